The number of nitrogens with zero attached hydrogens (tertiary/aromatic N) is 1. The molecular weight excluding hydrogens is 655 g/mol. The second-order valence-corrected chi connectivity index (χ2v) is 12.4. The van der Waals surface area contributed by atoms with Gasteiger partial charge in [-0.1, -0.05) is 60.7 Å². The second kappa shape index (κ2) is 13.8. The van der Waals surface area contributed by atoms with Crippen LogP contribution in [0, 0.1) is 48.4 Å². The van der Waals surface area contributed by atoms with Gasteiger partial charge < -0.3 is 18.9 Å². The minimum absolute atomic E-state index is 0.0745. The molecule has 6 aromatic rings. The molecule has 1 aromatic heterocycles. The van der Waals surface area contributed by atoms with Gasteiger partial charge in [0.05, 0.1) is 25.3 Å². The Morgan fingerprint density at radius 1 is 0.528 bits per heavy atom. The smallest absolute Gasteiger partial charge is 0.163 e. The molecule has 5 nitrogen and oxygen atoms in total. The molecule has 1 unspecified atom stereocenters. The number of aromatic nitrogens is 1. The van der Waals surface area contributed by atoms with Crippen molar-refractivity contribution in [3.8, 4) is 116 Å². The number of pyridine rings is 1. The van der Waals surface area contributed by atoms with Gasteiger partial charge in [-0.3, -0.25) is 4.98 Å². The second-order valence-electron chi connectivity index (χ2n) is 12.4. The Morgan fingerprint density at radius 3 is 1.81 bits per heavy atom. The standard InChI is InChI=1S/C48H31NO4/c1-5-7-13-24-52-46-29-38-37-28-44(50-3)45(51-4)30-41(37)48(42(38)31-47(46)53-25-14-8-6-2)39-19-10-9-18-35(39)36-27-33(21-22-40(36)48)32-16-15-17-34(26-32)43-20-11-12-23-49-43/h1-2,9-12,15-23,26-31H,24-25H2,3-4H3. The van der Waals surface area contributed by atoms with E-state index >= 15 is 0 Å². The first-order chi connectivity index (χ1) is 26.1. The third kappa shape index (κ3) is 5.41. The molecule has 5 aromatic carbocycles. The summed E-state index contributed by atoms with van der Waals surface area (Å²) in [5.41, 5.74) is 12.1. The summed E-state index contributed by atoms with van der Waals surface area (Å²) in [5.74, 6) is 17.9. The van der Waals surface area contributed by atoms with Crippen LogP contribution in [-0.4, -0.2) is 32.4 Å². The zero-order valence-corrected chi connectivity index (χ0v) is 29.1. The summed E-state index contributed by atoms with van der Waals surface area (Å²) in [6, 6.07) is 38.0. The van der Waals surface area contributed by atoms with Crippen molar-refractivity contribution in [2.45, 2.75) is 5.41 Å². The molecular formula is C48H31NO4. The quantitative estimate of drug-likeness (QED) is 0.150. The molecule has 0 amide bonds. The van der Waals surface area contributed by atoms with Crippen molar-refractivity contribution in [2.24, 2.45) is 0 Å². The van der Waals surface area contributed by atoms with Crippen LogP contribution in [0.1, 0.15) is 22.3 Å². The van der Waals surface area contributed by atoms with E-state index in [2.05, 4.69) is 119 Å². The number of fused-ring (bicyclic) bond motifs is 10. The van der Waals surface area contributed by atoms with Gasteiger partial charge in [0.25, 0.3) is 0 Å². The number of methoxy groups -OCH3 is 2. The van der Waals surface area contributed by atoms with Crippen molar-refractivity contribution in [3.05, 3.63) is 138 Å². The van der Waals surface area contributed by atoms with Crippen molar-refractivity contribution in [1.29, 1.82) is 0 Å². The van der Waals surface area contributed by atoms with Crippen LogP contribution >= 0.6 is 0 Å². The number of terminal acetylenes is 2. The molecule has 1 heterocycles. The van der Waals surface area contributed by atoms with Gasteiger partial charge in [-0.15, -0.1) is 12.8 Å². The van der Waals surface area contributed by atoms with Gasteiger partial charge in [0.1, 0.15) is 13.2 Å². The van der Waals surface area contributed by atoms with E-state index in [1.54, 1.807) is 14.2 Å². The molecule has 0 saturated carbocycles. The Hall–Kier alpha value is -7.31. The Bertz CT molecular complexity index is 2640. The van der Waals surface area contributed by atoms with Crippen molar-refractivity contribution >= 4 is 0 Å². The number of benzene rings is 5. The molecule has 5 heteroatoms. The van der Waals surface area contributed by atoms with Crippen LogP contribution in [0.25, 0.3) is 44.6 Å². The fourth-order valence-corrected chi connectivity index (χ4v) is 7.71. The molecule has 0 aliphatic heterocycles. The molecule has 2 aliphatic rings. The van der Waals surface area contributed by atoms with Crippen LogP contribution in [0.3, 0.4) is 0 Å². The van der Waals surface area contributed by atoms with E-state index in [1.807, 2.05) is 36.5 Å². The van der Waals surface area contributed by atoms with E-state index in [0.29, 0.717) is 23.0 Å². The van der Waals surface area contributed by atoms with Crippen LogP contribution in [0.5, 0.6) is 23.0 Å². The van der Waals surface area contributed by atoms with E-state index < -0.39 is 5.41 Å². The van der Waals surface area contributed by atoms with Gasteiger partial charge >= 0.3 is 0 Å². The molecule has 0 N–H and O–H groups in total. The average molecular weight is 686 g/mol. The zero-order valence-electron chi connectivity index (χ0n) is 29.1. The third-order valence-electron chi connectivity index (χ3n) is 9.83. The highest BCUT2D eigenvalue weighted by atomic mass is 16.5. The molecule has 1 atom stereocenters. The minimum atomic E-state index is -0.727. The zero-order chi connectivity index (χ0) is 36.4. The minimum Gasteiger partial charge on any atom is -0.493 e. The van der Waals surface area contributed by atoms with Gasteiger partial charge in [0.2, 0.25) is 0 Å². The van der Waals surface area contributed by atoms with Crippen LogP contribution < -0.4 is 18.9 Å². The molecule has 8 rings (SSSR count). The maximum Gasteiger partial charge on any atom is 0.163 e. The summed E-state index contributed by atoms with van der Waals surface area (Å²) < 4.78 is 24.2. The summed E-state index contributed by atoms with van der Waals surface area (Å²) in [6.45, 7) is 0.153. The Labute approximate surface area is 309 Å². The van der Waals surface area contributed by atoms with Crippen LogP contribution in [0.2, 0.25) is 0 Å². The lowest BCUT2D eigenvalue weighted by Crippen LogP contribution is -2.26. The summed E-state index contributed by atoms with van der Waals surface area (Å²) in [5, 5.41) is 0. The van der Waals surface area contributed by atoms with E-state index in [-0.39, 0.29) is 13.2 Å². The average Bonchev–Trinajstić information content (AvgIpc) is 3.66. The monoisotopic (exact) mass is 685 g/mol. The van der Waals surface area contributed by atoms with Crippen LogP contribution in [-0.2, 0) is 5.41 Å². The first kappa shape index (κ1) is 32.9. The van der Waals surface area contributed by atoms with Crippen molar-refractivity contribution in [3.63, 3.8) is 0 Å². The number of hydrogen-bond acceptors (Lipinski definition) is 5. The Balaban J connectivity index is 1.38. The van der Waals surface area contributed by atoms with Gasteiger partial charge in [-0.25, -0.2) is 0 Å². The van der Waals surface area contributed by atoms with E-state index in [4.69, 9.17) is 31.8 Å². The summed E-state index contributed by atoms with van der Waals surface area (Å²) >= 11 is 0. The summed E-state index contributed by atoms with van der Waals surface area (Å²) in [7, 11) is 3.31. The fraction of sp³-hybridized carbons (Fsp3) is 0.104. The topological polar surface area (TPSA) is 49.8 Å². The lowest BCUT2D eigenvalue weighted by molar-refractivity contribution is 0.314. The van der Waals surface area contributed by atoms with Gasteiger partial charge in [-0.05, 0) is 140 Å². The van der Waals surface area contributed by atoms with Crippen molar-refractivity contribution in [2.75, 3.05) is 27.4 Å². The van der Waals surface area contributed by atoms with Crippen molar-refractivity contribution < 1.29 is 18.9 Å². The number of ether oxygens (including phenoxy) is 4. The van der Waals surface area contributed by atoms with E-state index in [9.17, 15) is 0 Å². The van der Waals surface area contributed by atoms with Gasteiger partial charge in [0.15, 0.2) is 23.0 Å². The third-order valence-corrected chi connectivity index (χ3v) is 9.83. The molecule has 2 aliphatic carbocycles. The predicted octanol–water partition coefficient (Wildman–Crippen LogP) is 8.81. The molecule has 0 saturated heterocycles. The van der Waals surface area contributed by atoms with Crippen molar-refractivity contribution in [1.82, 2.24) is 4.98 Å². The lowest BCUT2D eigenvalue weighted by Gasteiger charge is -2.31. The SMILES string of the molecule is C#CC#CCOc1cc2c(cc1OCC#CC#C)C1(c3ccccc3-c3cc(-c4cccc(-c5ccccn5)c4)ccc31)c1cc(OC)c(OC)cc1-2. The van der Waals surface area contributed by atoms with E-state index in [1.165, 1.54) is 0 Å². The lowest BCUT2D eigenvalue weighted by atomic mass is 9.70. The molecule has 0 bridgehead atoms. The molecule has 53 heavy (non-hydrogen) atoms. The molecule has 252 valence electrons. The number of rotatable bonds is 8. The molecule has 1 spiro atoms. The van der Waals surface area contributed by atoms with Crippen LogP contribution in [0.15, 0.2) is 115 Å². The van der Waals surface area contributed by atoms with Crippen LogP contribution in [0.4, 0.5) is 0 Å². The highest BCUT2D eigenvalue weighted by molar-refractivity contribution is 5.97. The fourth-order valence-electron chi connectivity index (χ4n) is 7.71. The Morgan fingerprint density at radius 2 is 1.11 bits per heavy atom. The molecule has 0 fully saturated rings. The maximum absolute atomic E-state index is 6.28. The normalized spacial score (nSPS) is 13.7. The largest absolute Gasteiger partial charge is 0.493 e. The predicted molar refractivity (Wildman–Crippen MR) is 209 cm³/mol. The summed E-state index contributed by atoms with van der Waals surface area (Å²) in [4.78, 5) is 4.59. The maximum atomic E-state index is 6.28. The highest BCUT2D eigenvalue weighted by Gasteiger charge is 2.52. The molecule has 0 radical (unpaired) electrons. The Kier molecular flexibility index (Phi) is 8.54. The first-order valence-electron chi connectivity index (χ1n) is 17.0. The van der Waals surface area contributed by atoms with Gasteiger partial charge in [-0.2, -0.15) is 0 Å². The van der Waals surface area contributed by atoms with Gasteiger partial charge in [0, 0.05) is 11.8 Å². The van der Waals surface area contributed by atoms with E-state index in [0.717, 1.165) is 66.9 Å². The first-order valence-corrected chi connectivity index (χ1v) is 17.0. The highest BCUT2D eigenvalue weighted by Crippen LogP contribution is 2.65. The number of hydrogen-bond donors (Lipinski definition) is 0. The summed E-state index contributed by atoms with van der Waals surface area (Å²) in [6.07, 6.45) is 12.6.